The fraction of sp³-hybridized carbons (Fsp3) is 0.182. The molecule has 0 spiro atoms. The fourth-order valence-corrected chi connectivity index (χ4v) is 3.05. The van der Waals surface area contributed by atoms with Crippen molar-refractivity contribution in [3.63, 3.8) is 0 Å². The summed E-state index contributed by atoms with van der Waals surface area (Å²) in [6, 6.07) is 9.63. The number of fused-ring (bicyclic) bond motifs is 1. The Balaban J connectivity index is 1.63. The van der Waals surface area contributed by atoms with Gasteiger partial charge in [-0.2, -0.15) is 36.3 Å². The second kappa shape index (κ2) is 9.31. The Morgan fingerprint density at radius 3 is 2.09 bits per heavy atom. The van der Waals surface area contributed by atoms with E-state index in [2.05, 4.69) is 30.6 Å². The molecule has 2 heterocycles. The summed E-state index contributed by atoms with van der Waals surface area (Å²) in [7, 11) is 0. The zero-order chi connectivity index (χ0) is 25.2. The molecule has 4 aromatic rings. The number of rotatable bonds is 6. The van der Waals surface area contributed by atoms with Crippen molar-refractivity contribution in [3.05, 3.63) is 71.7 Å². The number of hydrogen-bond donors (Lipinski definition) is 2. The van der Waals surface area contributed by atoms with Crippen LogP contribution in [0.1, 0.15) is 11.1 Å². The second-order valence-electron chi connectivity index (χ2n) is 7.35. The van der Waals surface area contributed by atoms with Gasteiger partial charge in [-0.15, -0.1) is 0 Å². The summed E-state index contributed by atoms with van der Waals surface area (Å²) >= 11 is 0. The smallest absolute Gasteiger partial charge is 0.359 e. The maximum Gasteiger partial charge on any atom is 0.416 e. The first-order valence-electron chi connectivity index (χ1n) is 9.99. The van der Waals surface area contributed by atoms with Gasteiger partial charge in [-0.1, -0.05) is 12.1 Å². The van der Waals surface area contributed by atoms with E-state index in [0.717, 1.165) is 12.1 Å². The predicted octanol–water partition coefficient (Wildman–Crippen LogP) is 5.83. The van der Waals surface area contributed by atoms with Gasteiger partial charge in [-0.25, -0.2) is 14.4 Å². The minimum atomic E-state index is -4.55. The van der Waals surface area contributed by atoms with Crippen LogP contribution in [0.4, 0.5) is 42.5 Å². The zero-order valence-electron chi connectivity index (χ0n) is 17.5. The lowest BCUT2D eigenvalue weighted by molar-refractivity contribution is -0.137. The van der Waals surface area contributed by atoms with Crippen molar-refractivity contribution in [2.45, 2.75) is 18.9 Å². The maximum absolute atomic E-state index is 13.2. The van der Waals surface area contributed by atoms with E-state index < -0.39 is 30.3 Å². The molecule has 0 unspecified atom stereocenters. The van der Waals surface area contributed by atoms with E-state index in [1.54, 1.807) is 0 Å². The number of hydrogen-bond acceptors (Lipinski definition) is 6. The molecule has 2 aromatic heterocycles. The Bertz CT molecular complexity index is 1320. The molecule has 0 amide bonds. The van der Waals surface area contributed by atoms with Crippen molar-refractivity contribution >= 4 is 22.9 Å². The molecule has 13 heteroatoms. The Morgan fingerprint density at radius 1 is 0.771 bits per heavy atom. The van der Waals surface area contributed by atoms with Gasteiger partial charge in [0.05, 0.1) is 17.5 Å². The lowest BCUT2D eigenvalue weighted by Crippen LogP contribution is -2.22. The Hall–Kier alpha value is -4.03. The van der Waals surface area contributed by atoms with Crippen LogP contribution in [0.5, 0.6) is 0 Å². The van der Waals surface area contributed by atoms with Crippen molar-refractivity contribution in [1.82, 2.24) is 19.9 Å². The molecular weight excluding hydrogens is 481 g/mol. The first kappa shape index (κ1) is 24.1. The van der Waals surface area contributed by atoms with E-state index in [-0.39, 0.29) is 35.2 Å². The van der Waals surface area contributed by atoms with Gasteiger partial charge in [0.1, 0.15) is 12.4 Å². The van der Waals surface area contributed by atoms with Gasteiger partial charge in [-0.05, 0) is 42.0 Å². The van der Waals surface area contributed by atoms with Gasteiger partial charge in [0.2, 0.25) is 5.95 Å². The number of anilines is 2. The highest BCUT2D eigenvalue weighted by molar-refractivity contribution is 5.85. The molecule has 0 aliphatic rings. The molecule has 182 valence electrons. The standard InChI is InChI=1S/C22H15F7N6/c23-15-7-3-13(4-8-15)16-10-30-18-17(33-16)19(32-11-21(24,25)26)35-20(34-18)31-9-12-1-5-14(6-2-12)22(27,28)29/h1-8,10H,9,11H2,(H2,30,31,32,34,35). The van der Waals surface area contributed by atoms with Crippen LogP contribution in [0.25, 0.3) is 22.4 Å². The summed E-state index contributed by atoms with van der Waals surface area (Å²) in [5.41, 5.74) is 0.327. The van der Waals surface area contributed by atoms with Gasteiger partial charge in [0.15, 0.2) is 17.0 Å². The molecule has 4 rings (SSSR count). The quantitative estimate of drug-likeness (QED) is 0.327. The van der Waals surface area contributed by atoms with E-state index in [4.69, 9.17) is 0 Å². The Morgan fingerprint density at radius 2 is 1.46 bits per heavy atom. The fourth-order valence-electron chi connectivity index (χ4n) is 3.05. The number of nitrogens with one attached hydrogen (secondary N) is 2. The summed E-state index contributed by atoms with van der Waals surface area (Å²) in [6.07, 6.45) is -7.69. The van der Waals surface area contributed by atoms with Crippen LogP contribution in [0.2, 0.25) is 0 Å². The first-order valence-corrected chi connectivity index (χ1v) is 9.99. The third-order valence-electron chi connectivity index (χ3n) is 4.74. The molecular formula is C22H15F7N6. The van der Waals surface area contributed by atoms with E-state index in [9.17, 15) is 30.7 Å². The molecule has 2 N–H and O–H groups in total. The molecule has 35 heavy (non-hydrogen) atoms. The first-order chi connectivity index (χ1) is 16.5. The third-order valence-corrected chi connectivity index (χ3v) is 4.74. The minimum Gasteiger partial charge on any atom is -0.359 e. The minimum absolute atomic E-state index is 0.00342. The van der Waals surface area contributed by atoms with Gasteiger partial charge in [-0.3, -0.25) is 0 Å². The average Bonchev–Trinajstić information content (AvgIpc) is 2.80. The average molecular weight is 496 g/mol. The van der Waals surface area contributed by atoms with Crippen molar-refractivity contribution in [2.24, 2.45) is 0 Å². The molecule has 0 aliphatic carbocycles. The number of alkyl halides is 6. The summed E-state index contributed by atoms with van der Waals surface area (Å²) in [5.74, 6) is -0.827. The third kappa shape index (κ3) is 6.11. The second-order valence-corrected chi connectivity index (χ2v) is 7.35. The van der Waals surface area contributed by atoms with Crippen molar-refractivity contribution in [1.29, 1.82) is 0 Å². The molecule has 2 aromatic carbocycles. The molecule has 0 aliphatic heterocycles. The van der Waals surface area contributed by atoms with Gasteiger partial charge >= 0.3 is 12.4 Å². The van der Waals surface area contributed by atoms with Crippen molar-refractivity contribution < 1.29 is 30.7 Å². The Labute approximate surface area is 193 Å². The van der Waals surface area contributed by atoms with Crippen LogP contribution in [0, 0.1) is 5.82 Å². The molecule has 0 atom stereocenters. The lowest BCUT2D eigenvalue weighted by Gasteiger charge is -2.13. The number of halogens is 7. The summed E-state index contributed by atoms with van der Waals surface area (Å²) in [5, 5.41) is 4.94. The molecule has 0 saturated heterocycles. The van der Waals surface area contributed by atoms with Gasteiger partial charge in [0.25, 0.3) is 0 Å². The molecule has 0 bridgehead atoms. The molecule has 6 nitrogen and oxygen atoms in total. The highest BCUT2D eigenvalue weighted by Crippen LogP contribution is 2.29. The van der Waals surface area contributed by atoms with Crippen LogP contribution in [0.15, 0.2) is 54.7 Å². The topological polar surface area (TPSA) is 75.6 Å². The van der Waals surface area contributed by atoms with E-state index in [0.29, 0.717) is 11.1 Å². The Kier molecular flexibility index (Phi) is 6.41. The summed E-state index contributed by atoms with van der Waals surface area (Å²) in [4.78, 5) is 16.6. The van der Waals surface area contributed by atoms with Crippen LogP contribution < -0.4 is 10.6 Å². The highest BCUT2D eigenvalue weighted by atomic mass is 19.4. The monoisotopic (exact) mass is 496 g/mol. The summed E-state index contributed by atoms with van der Waals surface area (Å²) in [6.45, 7) is -1.40. The SMILES string of the molecule is Fc1ccc(-c2cnc3nc(NCc4ccc(C(F)(F)F)cc4)nc(NCC(F)(F)F)c3n2)cc1. The van der Waals surface area contributed by atoms with Gasteiger partial charge < -0.3 is 10.6 Å². The zero-order valence-corrected chi connectivity index (χ0v) is 17.5. The van der Waals surface area contributed by atoms with Crippen molar-refractivity contribution in [2.75, 3.05) is 17.2 Å². The largest absolute Gasteiger partial charge is 0.416 e. The highest BCUT2D eigenvalue weighted by Gasteiger charge is 2.30. The normalized spacial score (nSPS) is 12.1. The van der Waals surface area contributed by atoms with Crippen LogP contribution in [-0.4, -0.2) is 32.7 Å². The molecule has 0 radical (unpaired) electrons. The van der Waals surface area contributed by atoms with Crippen LogP contribution >= 0.6 is 0 Å². The summed E-state index contributed by atoms with van der Waals surface area (Å²) < 4.78 is 89.9. The number of aromatic nitrogens is 4. The molecule has 0 fully saturated rings. The lowest BCUT2D eigenvalue weighted by atomic mass is 10.1. The number of nitrogens with zero attached hydrogens (tertiary/aromatic N) is 4. The van der Waals surface area contributed by atoms with Crippen LogP contribution in [0.3, 0.4) is 0 Å². The predicted molar refractivity (Wildman–Crippen MR) is 114 cm³/mol. The van der Waals surface area contributed by atoms with E-state index in [1.165, 1.54) is 42.6 Å². The maximum atomic E-state index is 13.2. The molecule has 0 saturated carbocycles. The van der Waals surface area contributed by atoms with Crippen molar-refractivity contribution in [3.8, 4) is 11.3 Å². The van der Waals surface area contributed by atoms with Crippen LogP contribution in [-0.2, 0) is 12.7 Å². The van der Waals surface area contributed by atoms with Gasteiger partial charge in [0, 0.05) is 12.1 Å². The van der Waals surface area contributed by atoms with E-state index in [1.807, 2.05) is 0 Å². The number of benzene rings is 2. The van der Waals surface area contributed by atoms with E-state index >= 15 is 0 Å².